The summed E-state index contributed by atoms with van der Waals surface area (Å²) in [7, 11) is 0. The molecule has 118 valence electrons. The average molecular weight is 305 g/mol. The largest absolute Gasteiger partial charge is 0.444 e. The molecular weight excluding hydrogens is 278 g/mol. The zero-order chi connectivity index (χ0) is 15.4. The molecular formula is C13H27N3O3S. The zero-order valence-electron chi connectivity index (χ0n) is 12.6. The highest BCUT2D eigenvalue weighted by Crippen LogP contribution is 2.06. The highest BCUT2D eigenvalue weighted by atomic mass is 32.1. The number of ether oxygens (including phenoxy) is 1. The summed E-state index contributed by atoms with van der Waals surface area (Å²) in [5, 5.41) is 5.78. The van der Waals surface area contributed by atoms with E-state index in [9.17, 15) is 9.59 Å². The van der Waals surface area contributed by atoms with Crippen molar-refractivity contribution in [3.8, 4) is 0 Å². The van der Waals surface area contributed by atoms with Crippen molar-refractivity contribution < 1.29 is 14.3 Å². The SMILES string of the molecule is CC(C)(C)OC(=O)NCCCS.O=CN1CCNCC1. The van der Waals surface area contributed by atoms with Crippen molar-refractivity contribution in [3.05, 3.63) is 0 Å². The maximum absolute atomic E-state index is 11.0. The molecule has 0 spiro atoms. The van der Waals surface area contributed by atoms with Gasteiger partial charge in [-0.2, -0.15) is 12.6 Å². The molecule has 6 nitrogen and oxygen atoms in total. The van der Waals surface area contributed by atoms with Gasteiger partial charge in [-0.1, -0.05) is 0 Å². The van der Waals surface area contributed by atoms with Crippen LogP contribution in [0.4, 0.5) is 4.79 Å². The number of nitrogens with zero attached hydrogens (tertiary/aromatic N) is 1. The molecule has 2 N–H and O–H groups in total. The number of thiol groups is 1. The molecule has 1 aliphatic rings. The third-order valence-electron chi connectivity index (χ3n) is 2.30. The van der Waals surface area contributed by atoms with Crippen molar-refractivity contribution in [1.29, 1.82) is 0 Å². The van der Waals surface area contributed by atoms with E-state index < -0.39 is 5.60 Å². The third kappa shape index (κ3) is 12.1. The van der Waals surface area contributed by atoms with E-state index in [-0.39, 0.29) is 6.09 Å². The number of hydrogen-bond acceptors (Lipinski definition) is 5. The number of carbonyl (C=O) groups excluding carboxylic acids is 2. The van der Waals surface area contributed by atoms with E-state index in [1.807, 2.05) is 20.8 Å². The molecule has 1 rings (SSSR count). The van der Waals surface area contributed by atoms with Crippen LogP contribution in [0.3, 0.4) is 0 Å². The summed E-state index contributed by atoms with van der Waals surface area (Å²) in [6, 6.07) is 0. The maximum Gasteiger partial charge on any atom is 0.407 e. The highest BCUT2D eigenvalue weighted by Gasteiger charge is 2.15. The van der Waals surface area contributed by atoms with Gasteiger partial charge in [0.25, 0.3) is 0 Å². The van der Waals surface area contributed by atoms with Crippen LogP contribution in [0.1, 0.15) is 27.2 Å². The summed E-state index contributed by atoms with van der Waals surface area (Å²) < 4.78 is 5.01. The van der Waals surface area contributed by atoms with Crippen LogP contribution in [-0.4, -0.2) is 61.5 Å². The van der Waals surface area contributed by atoms with E-state index in [0.29, 0.717) is 6.54 Å². The van der Waals surface area contributed by atoms with E-state index in [0.717, 1.165) is 44.8 Å². The summed E-state index contributed by atoms with van der Waals surface area (Å²) in [6.07, 6.45) is 1.41. The lowest BCUT2D eigenvalue weighted by Crippen LogP contribution is -2.42. The molecule has 0 bridgehead atoms. The first-order valence-corrected chi connectivity index (χ1v) is 7.50. The Bertz CT molecular complexity index is 277. The first-order valence-electron chi connectivity index (χ1n) is 6.87. The molecule has 7 heteroatoms. The predicted molar refractivity (Wildman–Crippen MR) is 83.2 cm³/mol. The second kappa shape index (κ2) is 10.8. The Morgan fingerprint density at radius 1 is 1.40 bits per heavy atom. The average Bonchev–Trinajstić information content (AvgIpc) is 2.39. The van der Waals surface area contributed by atoms with Crippen LogP contribution in [0, 0.1) is 0 Å². The lowest BCUT2D eigenvalue weighted by Gasteiger charge is -2.22. The minimum Gasteiger partial charge on any atom is -0.444 e. The molecule has 0 atom stereocenters. The number of piperazine rings is 1. The molecule has 20 heavy (non-hydrogen) atoms. The maximum atomic E-state index is 11.0. The van der Waals surface area contributed by atoms with Gasteiger partial charge in [0.15, 0.2) is 0 Å². The Morgan fingerprint density at radius 2 is 2.00 bits per heavy atom. The van der Waals surface area contributed by atoms with Gasteiger partial charge in [0.05, 0.1) is 0 Å². The minimum absolute atomic E-state index is 0.357. The highest BCUT2D eigenvalue weighted by molar-refractivity contribution is 7.80. The first kappa shape index (κ1) is 19.1. The molecule has 0 aromatic rings. The summed E-state index contributed by atoms with van der Waals surface area (Å²) in [6.45, 7) is 9.75. The number of amides is 2. The molecule has 1 heterocycles. The van der Waals surface area contributed by atoms with Crippen LogP contribution >= 0.6 is 12.6 Å². The van der Waals surface area contributed by atoms with Crippen LogP contribution < -0.4 is 10.6 Å². The third-order valence-corrected chi connectivity index (χ3v) is 2.62. The Hall–Kier alpha value is -0.950. The lowest BCUT2D eigenvalue weighted by molar-refractivity contribution is -0.118. The van der Waals surface area contributed by atoms with Crippen molar-refractivity contribution >= 4 is 25.1 Å². The van der Waals surface area contributed by atoms with Gasteiger partial charge < -0.3 is 20.3 Å². The standard InChI is InChI=1S/C8H17NO2S.C5H10N2O/c1-8(2,3)11-7(10)9-5-4-6-12;8-5-7-3-1-6-2-4-7/h12H,4-6H2,1-3H3,(H,9,10);5-6H,1-4H2. The Balaban J connectivity index is 0.000000388. The molecule has 0 saturated carbocycles. The van der Waals surface area contributed by atoms with Gasteiger partial charge in [0.2, 0.25) is 6.41 Å². The molecule has 2 amide bonds. The van der Waals surface area contributed by atoms with Crippen LogP contribution in [0.25, 0.3) is 0 Å². The van der Waals surface area contributed by atoms with Gasteiger partial charge in [-0.25, -0.2) is 4.79 Å². The first-order chi connectivity index (χ1) is 9.39. The van der Waals surface area contributed by atoms with E-state index in [2.05, 4.69) is 23.3 Å². The monoisotopic (exact) mass is 305 g/mol. The number of rotatable bonds is 4. The van der Waals surface area contributed by atoms with Crippen LogP contribution in [0.2, 0.25) is 0 Å². The summed E-state index contributed by atoms with van der Waals surface area (Å²) in [5.41, 5.74) is -0.412. The van der Waals surface area contributed by atoms with Crippen molar-refractivity contribution in [2.45, 2.75) is 32.8 Å². The summed E-state index contributed by atoms with van der Waals surface area (Å²) in [4.78, 5) is 22.8. The topological polar surface area (TPSA) is 70.7 Å². The Morgan fingerprint density at radius 3 is 2.40 bits per heavy atom. The second-order valence-electron chi connectivity index (χ2n) is 5.40. The molecule has 1 aliphatic heterocycles. The number of nitrogens with one attached hydrogen (secondary N) is 2. The van der Waals surface area contributed by atoms with E-state index in [1.54, 1.807) is 4.90 Å². The number of carbonyl (C=O) groups is 2. The number of alkyl carbamates (subject to hydrolysis) is 1. The van der Waals surface area contributed by atoms with Crippen molar-refractivity contribution in [1.82, 2.24) is 15.5 Å². The molecule has 1 saturated heterocycles. The molecule has 0 aromatic heterocycles. The smallest absolute Gasteiger partial charge is 0.407 e. The van der Waals surface area contributed by atoms with Crippen LogP contribution in [-0.2, 0) is 9.53 Å². The lowest BCUT2D eigenvalue weighted by atomic mass is 10.2. The van der Waals surface area contributed by atoms with Crippen molar-refractivity contribution in [2.75, 3.05) is 38.5 Å². The fourth-order valence-electron chi connectivity index (χ4n) is 1.37. The molecule has 0 aliphatic carbocycles. The molecule has 1 fully saturated rings. The Labute approximate surface area is 127 Å². The quantitative estimate of drug-likeness (QED) is 0.410. The van der Waals surface area contributed by atoms with Crippen molar-refractivity contribution in [2.24, 2.45) is 0 Å². The minimum atomic E-state index is -0.412. The van der Waals surface area contributed by atoms with Gasteiger partial charge in [0.1, 0.15) is 5.60 Å². The number of hydrogen-bond donors (Lipinski definition) is 3. The molecule has 0 unspecified atom stereocenters. The summed E-state index contributed by atoms with van der Waals surface area (Å²) >= 11 is 4.02. The fourth-order valence-corrected chi connectivity index (χ4v) is 1.53. The summed E-state index contributed by atoms with van der Waals surface area (Å²) in [5.74, 6) is 0.774. The predicted octanol–water partition coefficient (Wildman–Crippen LogP) is 0.879. The van der Waals surface area contributed by atoms with E-state index in [1.165, 1.54) is 0 Å². The van der Waals surface area contributed by atoms with Gasteiger partial charge >= 0.3 is 6.09 Å². The van der Waals surface area contributed by atoms with Gasteiger partial charge in [-0.3, -0.25) is 4.79 Å². The normalized spacial score (nSPS) is 14.9. The Kier molecular flexibility index (Phi) is 10.3. The van der Waals surface area contributed by atoms with Crippen molar-refractivity contribution in [3.63, 3.8) is 0 Å². The van der Waals surface area contributed by atoms with Gasteiger partial charge in [-0.05, 0) is 32.9 Å². The van der Waals surface area contributed by atoms with E-state index in [4.69, 9.17) is 4.74 Å². The molecule has 0 radical (unpaired) electrons. The van der Waals surface area contributed by atoms with Crippen LogP contribution in [0.5, 0.6) is 0 Å². The second-order valence-corrected chi connectivity index (χ2v) is 5.84. The molecule has 0 aromatic carbocycles. The van der Waals surface area contributed by atoms with Gasteiger partial charge in [0, 0.05) is 32.7 Å². The fraction of sp³-hybridized carbons (Fsp3) is 0.846. The van der Waals surface area contributed by atoms with E-state index >= 15 is 0 Å². The van der Waals surface area contributed by atoms with Gasteiger partial charge in [-0.15, -0.1) is 0 Å². The van der Waals surface area contributed by atoms with Crippen LogP contribution in [0.15, 0.2) is 0 Å². The zero-order valence-corrected chi connectivity index (χ0v) is 13.5.